The Morgan fingerprint density at radius 2 is 2.00 bits per heavy atom. The number of imidazole rings is 1. The van der Waals surface area contributed by atoms with Crippen molar-refractivity contribution < 1.29 is 32.7 Å². The summed E-state index contributed by atoms with van der Waals surface area (Å²) >= 11 is 3.05. The van der Waals surface area contributed by atoms with Gasteiger partial charge >= 0.3 is 12.2 Å². The fourth-order valence-electron chi connectivity index (χ4n) is 1.98. The van der Waals surface area contributed by atoms with Crippen molar-refractivity contribution in [3.05, 3.63) is 50.9 Å². The molecule has 1 aromatic carbocycles. The van der Waals surface area contributed by atoms with Gasteiger partial charge in [-0.3, -0.25) is 4.57 Å². The fourth-order valence-corrected chi connectivity index (χ4v) is 2.41. The van der Waals surface area contributed by atoms with Gasteiger partial charge in [-0.05, 0) is 27.6 Å². The number of alkyl halides is 3. The Labute approximate surface area is 153 Å². The van der Waals surface area contributed by atoms with E-state index in [0.29, 0.717) is 5.56 Å². The third kappa shape index (κ3) is 6.28. The average molecular weight is 440 g/mol. The molecule has 0 amide bonds. The number of ether oxygens (including phenoxy) is 2. The minimum Gasteiger partial charge on any atom is -0.406 e. The van der Waals surface area contributed by atoms with Crippen LogP contribution in [-0.2, 0) is 17.9 Å². The van der Waals surface area contributed by atoms with Crippen LogP contribution < -0.4 is 4.74 Å². The van der Waals surface area contributed by atoms with Crippen LogP contribution in [0.4, 0.5) is 19.0 Å². The van der Waals surface area contributed by atoms with Gasteiger partial charge in [0.05, 0.1) is 25.9 Å². The van der Waals surface area contributed by atoms with E-state index in [2.05, 4.69) is 25.7 Å². The van der Waals surface area contributed by atoms with Gasteiger partial charge in [0.1, 0.15) is 11.9 Å². The zero-order chi connectivity index (χ0) is 19.3. The van der Waals surface area contributed by atoms with Crippen LogP contribution in [0.5, 0.6) is 5.75 Å². The van der Waals surface area contributed by atoms with Crippen LogP contribution in [-0.4, -0.2) is 38.7 Å². The van der Waals surface area contributed by atoms with Crippen molar-refractivity contribution in [2.75, 3.05) is 6.61 Å². The van der Waals surface area contributed by atoms with Crippen molar-refractivity contribution in [1.29, 1.82) is 0 Å². The molecule has 0 spiro atoms. The van der Waals surface area contributed by atoms with Crippen LogP contribution in [0.15, 0.2) is 35.2 Å². The van der Waals surface area contributed by atoms with E-state index in [4.69, 9.17) is 4.74 Å². The van der Waals surface area contributed by atoms with E-state index in [9.17, 15) is 28.4 Å². The lowest BCUT2D eigenvalue weighted by Crippen LogP contribution is -2.21. The minimum atomic E-state index is -4.75. The summed E-state index contributed by atoms with van der Waals surface area (Å²) in [6.45, 7) is -0.00634. The molecule has 26 heavy (non-hydrogen) atoms. The molecular weight excluding hydrogens is 427 g/mol. The van der Waals surface area contributed by atoms with E-state index >= 15 is 0 Å². The molecule has 2 rings (SSSR count). The number of hydrogen-bond donors (Lipinski definition) is 1. The molecular formula is C14H13BrF3N3O5. The predicted molar refractivity (Wildman–Crippen MR) is 85.4 cm³/mol. The van der Waals surface area contributed by atoms with E-state index in [0.717, 1.165) is 12.1 Å². The number of benzene rings is 1. The summed E-state index contributed by atoms with van der Waals surface area (Å²) in [5.41, 5.74) is 0.589. The van der Waals surface area contributed by atoms with Crippen molar-refractivity contribution in [3.63, 3.8) is 0 Å². The Kier molecular flexibility index (Phi) is 6.56. The molecule has 8 nitrogen and oxygen atoms in total. The van der Waals surface area contributed by atoms with Crippen LogP contribution in [0, 0.1) is 10.1 Å². The van der Waals surface area contributed by atoms with Gasteiger partial charge in [0, 0.05) is 15.9 Å². The molecule has 0 aliphatic carbocycles. The number of hydrogen-bond acceptors (Lipinski definition) is 6. The largest absolute Gasteiger partial charge is 0.573 e. The summed E-state index contributed by atoms with van der Waals surface area (Å²) in [6, 6.07) is 5.13. The molecule has 0 saturated carbocycles. The van der Waals surface area contributed by atoms with E-state index in [-0.39, 0.29) is 36.1 Å². The maximum absolute atomic E-state index is 12.1. The van der Waals surface area contributed by atoms with Crippen LogP contribution in [0.25, 0.3) is 0 Å². The second-order valence-electron chi connectivity index (χ2n) is 5.14. The molecule has 142 valence electrons. The predicted octanol–water partition coefficient (Wildman–Crippen LogP) is 3.03. The Bertz CT molecular complexity index is 751. The summed E-state index contributed by atoms with van der Waals surface area (Å²) in [6.07, 6.45) is -4.54. The maximum atomic E-state index is 12.1. The molecule has 2 aromatic rings. The molecule has 1 unspecified atom stereocenters. The first-order chi connectivity index (χ1) is 12.1. The van der Waals surface area contributed by atoms with Crippen molar-refractivity contribution >= 4 is 21.7 Å². The summed E-state index contributed by atoms with van der Waals surface area (Å²) < 4.78 is 46.8. The first-order valence-corrected chi connectivity index (χ1v) is 7.91. The van der Waals surface area contributed by atoms with E-state index in [1.165, 1.54) is 22.9 Å². The molecule has 0 fully saturated rings. The molecule has 1 atom stereocenters. The van der Waals surface area contributed by atoms with Crippen LogP contribution >= 0.6 is 15.9 Å². The summed E-state index contributed by atoms with van der Waals surface area (Å²) in [5, 5.41) is 20.5. The normalized spacial score (nSPS) is 12.8. The van der Waals surface area contributed by atoms with Crippen molar-refractivity contribution in [2.45, 2.75) is 25.6 Å². The minimum absolute atomic E-state index is 0.0137. The maximum Gasteiger partial charge on any atom is 0.573 e. The molecule has 0 aliphatic rings. The van der Waals surface area contributed by atoms with Gasteiger partial charge in [0.15, 0.2) is 0 Å². The number of rotatable bonds is 8. The van der Waals surface area contributed by atoms with Crippen molar-refractivity contribution in [3.8, 4) is 5.75 Å². The number of aliphatic hydroxyl groups excluding tert-OH is 1. The molecule has 1 N–H and O–H groups in total. The number of nitrogens with zero attached hydrogens (tertiary/aromatic N) is 3. The fraction of sp³-hybridized carbons (Fsp3) is 0.357. The monoisotopic (exact) mass is 439 g/mol. The average Bonchev–Trinajstić information content (AvgIpc) is 2.89. The Morgan fingerprint density at radius 3 is 2.54 bits per heavy atom. The lowest BCUT2D eigenvalue weighted by Gasteiger charge is -2.12. The van der Waals surface area contributed by atoms with Gasteiger partial charge in [0.25, 0.3) is 4.73 Å². The third-order valence-corrected chi connectivity index (χ3v) is 3.68. The topological polar surface area (TPSA) is 99.7 Å². The lowest BCUT2D eigenvalue weighted by atomic mass is 10.2. The molecule has 12 heteroatoms. The molecule has 0 radical (unpaired) electrons. The van der Waals surface area contributed by atoms with Crippen molar-refractivity contribution in [2.24, 2.45) is 0 Å². The summed E-state index contributed by atoms with van der Waals surface area (Å²) in [7, 11) is 0. The van der Waals surface area contributed by atoms with Gasteiger partial charge in [-0.1, -0.05) is 12.1 Å². The molecule has 0 saturated heterocycles. The van der Waals surface area contributed by atoms with Crippen molar-refractivity contribution in [1.82, 2.24) is 9.55 Å². The van der Waals surface area contributed by atoms with Gasteiger partial charge in [-0.2, -0.15) is 0 Å². The number of aromatic nitrogens is 2. The molecule has 0 aliphatic heterocycles. The van der Waals surface area contributed by atoms with Crippen LogP contribution in [0.3, 0.4) is 0 Å². The number of nitro groups is 1. The second-order valence-corrected chi connectivity index (χ2v) is 5.85. The Hall–Kier alpha value is -2.18. The third-order valence-electron chi connectivity index (χ3n) is 3.05. The molecule has 0 bridgehead atoms. The standard InChI is InChI=1S/C14H13BrF3N3O5/c15-13-19-12(21(23)24)6-20(13)5-10(22)8-25-7-9-1-3-11(4-2-9)26-14(16,17)18/h1-4,6,10,22H,5,7-8H2. The summed E-state index contributed by atoms with van der Waals surface area (Å²) in [5.74, 6) is -0.695. The highest BCUT2D eigenvalue weighted by atomic mass is 79.9. The zero-order valence-electron chi connectivity index (χ0n) is 13.0. The summed E-state index contributed by atoms with van der Waals surface area (Å²) in [4.78, 5) is 13.6. The smallest absolute Gasteiger partial charge is 0.406 e. The number of aliphatic hydroxyl groups is 1. The van der Waals surface area contributed by atoms with Gasteiger partial charge < -0.3 is 24.7 Å². The lowest BCUT2D eigenvalue weighted by molar-refractivity contribution is -0.389. The highest BCUT2D eigenvalue weighted by Gasteiger charge is 2.30. The highest BCUT2D eigenvalue weighted by molar-refractivity contribution is 9.10. The van der Waals surface area contributed by atoms with E-state index in [1.807, 2.05) is 0 Å². The SMILES string of the molecule is O=[N+]([O-])c1cn(CC(O)COCc2ccc(OC(F)(F)F)cc2)c(Br)n1. The second kappa shape index (κ2) is 8.47. The molecule has 1 heterocycles. The first-order valence-electron chi connectivity index (χ1n) is 7.11. The van der Waals surface area contributed by atoms with Gasteiger partial charge in [0.2, 0.25) is 0 Å². The van der Waals surface area contributed by atoms with E-state index in [1.54, 1.807) is 0 Å². The zero-order valence-corrected chi connectivity index (χ0v) is 14.6. The highest BCUT2D eigenvalue weighted by Crippen LogP contribution is 2.23. The Balaban J connectivity index is 1.79. The first kappa shape index (κ1) is 20.1. The van der Waals surface area contributed by atoms with Crippen LogP contribution in [0.1, 0.15) is 5.56 Å². The Morgan fingerprint density at radius 1 is 1.35 bits per heavy atom. The van der Waals surface area contributed by atoms with Crippen LogP contribution in [0.2, 0.25) is 0 Å². The van der Waals surface area contributed by atoms with Gasteiger partial charge in [-0.15, -0.1) is 13.2 Å². The molecule has 1 aromatic heterocycles. The number of halogens is 4. The van der Waals surface area contributed by atoms with Gasteiger partial charge in [-0.25, -0.2) is 0 Å². The van der Waals surface area contributed by atoms with E-state index < -0.39 is 17.4 Å². The quantitative estimate of drug-likeness (QED) is 0.501.